The summed E-state index contributed by atoms with van der Waals surface area (Å²) in [7, 11) is 1.96. The quantitative estimate of drug-likeness (QED) is 0.584. The van der Waals surface area contributed by atoms with Crippen LogP contribution in [0, 0.1) is 11.3 Å². The summed E-state index contributed by atoms with van der Waals surface area (Å²) in [5.41, 5.74) is 0. The highest BCUT2D eigenvalue weighted by Crippen LogP contribution is 1.62. The van der Waals surface area contributed by atoms with Gasteiger partial charge >= 0.3 is 0 Å². The Morgan fingerprint density at radius 3 is 2.00 bits per heavy atom. The first kappa shape index (κ1) is 10.4. The van der Waals surface area contributed by atoms with Gasteiger partial charge in [0.15, 0.2) is 0 Å². The second kappa shape index (κ2) is 16.1. The lowest BCUT2D eigenvalue weighted by atomic mass is 10.5. The molecule has 0 saturated heterocycles. The lowest BCUT2D eigenvalue weighted by Gasteiger charge is -1.84. The Hall–Kier alpha value is -0.550. The average molecular weight is 114 g/mol. The fourth-order valence-electron chi connectivity index (χ4n) is 0.250. The van der Waals surface area contributed by atoms with Crippen molar-refractivity contribution in [3.8, 4) is 6.07 Å². The molecule has 0 amide bonds. The van der Waals surface area contributed by atoms with E-state index < -0.39 is 0 Å². The molecular weight excluding hydrogens is 100 g/mol. The minimum absolute atomic E-state index is 1.14. The lowest BCUT2D eigenvalue weighted by molar-refractivity contribution is 0.772. The molecule has 48 valence electrons. The van der Waals surface area contributed by atoms with Crippen LogP contribution >= 0.6 is 0 Å². The maximum absolute atomic E-state index is 7.32. The zero-order chi connectivity index (χ0) is 6.83. The largest absolute Gasteiger partial charge is 0.320 e. The topological polar surface area (TPSA) is 35.8 Å². The van der Waals surface area contributed by atoms with Crippen LogP contribution in [0.5, 0.6) is 0 Å². The Morgan fingerprint density at radius 2 is 2.00 bits per heavy atom. The first-order valence-electron chi connectivity index (χ1n) is 2.78. The third kappa shape index (κ3) is 51.3. The Morgan fingerprint density at radius 1 is 1.62 bits per heavy atom. The normalized spacial score (nSPS) is 6.25. The molecule has 0 aliphatic carbocycles. The minimum Gasteiger partial charge on any atom is -0.320 e. The predicted molar refractivity (Wildman–Crippen MR) is 35.5 cm³/mol. The van der Waals surface area contributed by atoms with Crippen LogP contribution in [0.2, 0.25) is 0 Å². The molecule has 0 aliphatic heterocycles. The van der Waals surface area contributed by atoms with Crippen molar-refractivity contribution in [1.29, 1.82) is 5.26 Å². The molecule has 0 radical (unpaired) electrons. The molecule has 0 unspecified atom stereocenters. The second-order valence-electron chi connectivity index (χ2n) is 1.33. The van der Waals surface area contributed by atoms with Crippen LogP contribution in [-0.2, 0) is 0 Å². The van der Waals surface area contributed by atoms with E-state index in [-0.39, 0.29) is 0 Å². The minimum atomic E-state index is 1.14. The first-order chi connectivity index (χ1) is 3.83. The first-order valence-corrected chi connectivity index (χ1v) is 2.78. The van der Waals surface area contributed by atoms with Gasteiger partial charge in [0.25, 0.3) is 0 Å². The van der Waals surface area contributed by atoms with E-state index >= 15 is 0 Å². The van der Waals surface area contributed by atoms with Crippen LogP contribution in [0.3, 0.4) is 0 Å². The molecule has 2 nitrogen and oxygen atoms in total. The van der Waals surface area contributed by atoms with Crippen molar-refractivity contribution in [2.24, 2.45) is 0 Å². The Bertz CT molecular complexity index is 52.0. The van der Waals surface area contributed by atoms with Crippen LogP contribution in [0.4, 0.5) is 0 Å². The number of rotatable bonds is 2. The average Bonchev–Trinajstić information content (AvgIpc) is 1.71. The van der Waals surface area contributed by atoms with E-state index in [1.165, 1.54) is 13.3 Å². The van der Waals surface area contributed by atoms with Gasteiger partial charge in [-0.2, -0.15) is 5.26 Å². The number of nitriles is 1. The Balaban J connectivity index is 0. The van der Waals surface area contributed by atoms with Gasteiger partial charge in [-0.1, -0.05) is 6.92 Å². The molecule has 0 rings (SSSR count). The van der Waals surface area contributed by atoms with Crippen LogP contribution in [0.25, 0.3) is 0 Å². The highest BCUT2D eigenvalue weighted by Gasteiger charge is 1.64. The third-order valence-electron chi connectivity index (χ3n) is 0.500. The fourth-order valence-corrected chi connectivity index (χ4v) is 0.250. The highest BCUT2D eigenvalue weighted by molar-refractivity contribution is 4.51. The van der Waals surface area contributed by atoms with Gasteiger partial charge in [0.1, 0.15) is 0 Å². The van der Waals surface area contributed by atoms with E-state index in [0.29, 0.717) is 0 Å². The Kier molecular flexibility index (Phi) is 21.0. The van der Waals surface area contributed by atoms with Crippen LogP contribution < -0.4 is 5.32 Å². The molecule has 0 aromatic heterocycles. The van der Waals surface area contributed by atoms with E-state index in [0.717, 1.165) is 6.54 Å². The summed E-state index contributed by atoms with van der Waals surface area (Å²) in [6.07, 6.45) is 1.23. The summed E-state index contributed by atoms with van der Waals surface area (Å²) in [6, 6.07) is 1.75. The molecule has 0 aromatic carbocycles. The van der Waals surface area contributed by atoms with Crippen molar-refractivity contribution < 1.29 is 0 Å². The molecule has 0 atom stereocenters. The molecule has 1 N–H and O–H groups in total. The van der Waals surface area contributed by atoms with Crippen molar-refractivity contribution in [3.63, 3.8) is 0 Å². The van der Waals surface area contributed by atoms with Gasteiger partial charge in [-0.15, -0.1) is 0 Å². The predicted octanol–water partition coefficient (Wildman–Crippen LogP) is 1.15. The molecule has 0 fully saturated rings. The lowest BCUT2D eigenvalue weighted by Crippen LogP contribution is -2.04. The van der Waals surface area contributed by atoms with Gasteiger partial charge in [0.05, 0.1) is 6.07 Å². The van der Waals surface area contributed by atoms with Gasteiger partial charge in [0, 0.05) is 6.92 Å². The number of nitrogens with one attached hydrogen (secondary N) is 1. The molecule has 0 aliphatic rings. The molecule has 0 aromatic rings. The summed E-state index contributed by atoms with van der Waals surface area (Å²) in [5.74, 6) is 0. The van der Waals surface area contributed by atoms with E-state index in [9.17, 15) is 0 Å². The SMILES string of the molecule is CC#N.CCCNC. The molecule has 2 heteroatoms. The summed E-state index contributed by atoms with van der Waals surface area (Å²) in [6.45, 7) is 4.72. The highest BCUT2D eigenvalue weighted by atomic mass is 14.8. The Labute approximate surface area is 51.5 Å². The summed E-state index contributed by atoms with van der Waals surface area (Å²) >= 11 is 0. The van der Waals surface area contributed by atoms with Crippen molar-refractivity contribution in [2.45, 2.75) is 20.3 Å². The summed E-state index contributed by atoms with van der Waals surface area (Å²) < 4.78 is 0. The van der Waals surface area contributed by atoms with Crippen molar-refractivity contribution in [1.82, 2.24) is 5.32 Å². The summed E-state index contributed by atoms with van der Waals surface area (Å²) in [4.78, 5) is 0. The zero-order valence-electron chi connectivity index (χ0n) is 5.86. The standard InChI is InChI=1S/C4H11N.C2H3N/c1-3-4-5-2;1-2-3/h5H,3-4H2,1-2H3;1H3. The fraction of sp³-hybridized carbons (Fsp3) is 0.833. The van der Waals surface area contributed by atoms with Crippen LogP contribution in [0.15, 0.2) is 0 Å². The van der Waals surface area contributed by atoms with E-state index in [1.807, 2.05) is 7.05 Å². The van der Waals surface area contributed by atoms with E-state index in [2.05, 4.69) is 12.2 Å². The molecule has 8 heavy (non-hydrogen) atoms. The zero-order valence-corrected chi connectivity index (χ0v) is 5.86. The van der Waals surface area contributed by atoms with Crippen molar-refractivity contribution in [3.05, 3.63) is 0 Å². The van der Waals surface area contributed by atoms with Gasteiger partial charge in [-0.25, -0.2) is 0 Å². The van der Waals surface area contributed by atoms with Crippen LogP contribution in [0.1, 0.15) is 20.3 Å². The number of hydrogen-bond donors (Lipinski definition) is 1. The molecular formula is C6H14N2. The van der Waals surface area contributed by atoms with E-state index in [1.54, 1.807) is 6.07 Å². The number of hydrogen-bond acceptors (Lipinski definition) is 2. The molecule has 0 spiro atoms. The van der Waals surface area contributed by atoms with E-state index in [4.69, 9.17) is 5.26 Å². The van der Waals surface area contributed by atoms with Gasteiger partial charge < -0.3 is 5.32 Å². The maximum atomic E-state index is 7.32. The summed E-state index contributed by atoms with van der Waals surface area (Å²) in [5, 5.41) is 10.3. The van der Waals surface area contributed by atoms with Crippen molar-refractivity contribution in [2.75, 3.05) is 13.6 Å². The van der Waals surface area contributed by atoms with Crippen molar-refractivity contribution >= 4 is 0 Å². The monoisotopic (exact) mass is 114 g/mol. The maximum Gasteiger partial charge on any atom is 0.0587 e. The second-order valence-corrected chi connectivity index (χ2v) is 1.33. The van der Waals surface area contributed by atoms with Gasteiger partial charge in [-0.05, 0) is 20.0 Å². The smallest absolute Gasteiger partial charge is 0.0587 e. The molecule has 0 bridgehead atoms. The van der Waals surface area contributed by atoms with Gasteiger partial charge in [0.2, 0.25) is 0 Å². The number of nitrogens with zero attached hydrogens (tertiary/aromatic N) is 1. The molecule has 0 saturated carbocycles. The third-order valence-corrected chi connectivity index (χ3v) is 0.500. The van der Waals surface area contributed by atoms with Gasteiger partial charge in [-0.3, -0.25) is 0 Å². The van der Waals surface area contributed by atoms with Crippen LogP contribution in [-0.4, -0.2) is 13.6 Å². The molecule has 0 heterocycles.